The Bertz CT molecular complexity index is 683. The molecular weight excluding hydrogens is 274 g/mol. The quantitative estimate of drug-likeness (QED) is 0.869. The van der Waals surface area contributed by atoms with Crippen molar-refractivity contribution < 1.29 is 4.74 Å². The molecule has 1 aromatic heterocycles. The Kier molecular flexibility index (Phi) is 2.93. The van der Waals surface area contributed by atoms with Crippen molar-refractivity contribution in [2.75, 3.05) is 26.2 Å². The van der Waals surface area contributed by atoms with Crippen LogP contribution in [0.1, 0.15) is 31.7 Å². The smallest absolute Gasteiger partial charge is 0.121 e. The summed E-state index contributed by atoms with van der Waals surface area (Å²) in [7, 11) is 0. The van der Waals surface area contributed by atoms with Crippen LogP contribution in [0.4, 0.5) is 0 Å². The number of rotatable bonds is 4. The fourth-order valence-electron chi connectivity index (χ4n) is 4.08. The second-order valence-electron chi connectivity index (χ2n) is 7.27. The van der Waals surface area contributed by atoms with E-state index in [0.29, 0.717) is 6.04 Å². The van der Waals surface area contributed by atoms with E-state index in [1.165, 1.54) is 49.7 Å². The molecular formula is C18H23N3O. The van der Waals surface area contributed by atoms with Gasteiger partial charge >= 0.3 is 0 Å². The molecule has 4 heteroatoms. The Morgan fingerprint density at radius 1 is 1.14 bits per heavy atom. The molecule has 1 aliphatic carbocycles. The van der Waals surface area contributed by atoms with Gasteiger partial charge in [0, 0.05) is 18.0 Å². The summed E-state index contributed by atoms with van der Waals surface area (Å²) < 4.78 is 8.23. The van der Waals surface area contributed by atoms with E-state index in [-0.39, 0.29) is 0 Å². The summed E-state index contributed by atoms with van der Waals surface area (Å²) in [4.78, 5) is 2.59. The molecule has 2 bridgehead atoms. The molecule has 4 aliphatic rings. The first-order chi connectivity index (χ1) is 10.9. The van der Waals surface area contributed by atoms with Crippen LogP contribution in [0.2, 0.25) is 0 Å². The van der Waals surface area contributed by atoms with Crippen LogP contribution in [0.5, 0.6) is 5.75 Å². The third kappa shape index (κ3) is 2.21. The molecule has 2 aromatic rings. The van der Waals surface area contributed by atoms with Crippen molar-refractivity contribution in [2.45, 2.75) is 31.7 Å². The van der Waals surface area contributed by atoms with Crippen LogP contribution < -0.4 is 4.74 Å². The molecule has 3 aliphatic heterocycles. The first-order valence-electron chi connectivity index (χ1n) is 8.69. The molecule has 1 atom stereocenters. The fraction of sp³-hybridized carbons (Fsp3) is 0.611. The van der Waals surface area contributed by atoms with Crippen LogP contribution >= 0.6 is 0 Å². The topological polar surface area (TPSA) is 30.3 Å². The lowest BCUT2D eigenvalue weighted by Gasteiger charge is -2.44. The monoisotopic (exact) mass is 297 g/mol. The highest BCUT2D eigenvalue weighted by molar-refractivity contribution is 5.80. The van der Waals surface area contributed by atoms with Crippen LogP contribution in [0.15, 0.2) is 24.4 Å². The predicted octanol–water partition coefficient (Wildman–Crippen LogP) is 3.09. The Morgan fingerprint density at radius 3 is 2.73 bits per heavy atom. The second kappa shape index (κ2) is 4.98. The molecule has 0 amide bonds. The van der Waals surface area contributed by atoms with Gasteiger partial charge in [0.05, 0.1) is 24.4 Å². The summed E-state index contributed by atoms with van der Waals surface area (Å²) in [5.74, 6) is 2.59. The van der Waals surface area contributed by atoms with Crippen molar-refractivity contribution in [2.24, 2.45) is 11.8 Å². The lowest BCUT2D eigenvalue weighted by molar-refractivity contribution is 0.0533. The number of hydrogen-bond acceptors (Lipinski definition) is 3. The first kappa shape index (κ1) is 12.9. The molecule has 1 saturated carbocycles. The third-order valence-electron chi connectivity index (χ3n) is 5.69. The van der Waals surface area contributed by atoms with Crippen molar-refractivity contribution >= 4 is 10.9 Å². The molecule has 0 spiro atoms. The summed E-state index contributed by atoms with van der Waals surface area (Å²) in [6, 6.07) is 6.98. The zero-order valence-electron chi connectivity index (χ0n) is 12.9. The normalized spacial score (nSPS) is 30.8. The highest BCUT2D eigenvalue weighted by Gasteiger charge is 2.36. The maximum atomic E-state index is 5.96. The van der Waals surface area contributed by atoms with E-state index in [1.807, 2.05) is 6.20 Å². The molecule has 0 radical (unpaired) electrons. The van der Waals surface area contributed by atoms with Gasteiger partial charge in [-0.25, -0.2) is 0 Å². The summed E-state index contributed by atoms with van der Waals surface area (Å²) in [6.07, 6.45) is 7.32. The van der Waals surface area contributed by atoms with Crippen molar-refractivity contribution in [3.63, 3.8) is 0 Å². The van der Waals surface area contributed by atoms with Gasteiger partial charge in [0.15, 0.2) is 0 Å². The molecule has 22 heavy (non-hydrogen) atoms. The molecule has 116 valence electrons. The second-order valence-corrected chi connectivity index (χ2v) is 7.27. The van der Waals surface area contributed by atoms with Gasteiger partial charge in [-0.05, 0) is 62.7 Å². The average Bonchev–Trinajstić information content (AvgIpc) is 3.32. The highest BCUT2D eigenvalue weighted by Crippen LogP contribution is 2.37. The minimum absolute atomic E-state index is 0.540. The lowest BCUT2D eigenvalue weighted by atomic mass is 9.84. The summed E-state index contributed by atoms with van der Waals surface area (Å²) in [5, 5.41) is 5.95. The van der Waals surface area contributed by atoms with E-state index in [1.54, 1.807) is 0 Å². The van der Waals surface area contributed by atoms with E-state index in [0.717, 1.165) is 30.7 Å². The molecule has 0 N–H and O–H groups in total. The van der Waals surface area contributed by atoms with E-state index in [9.17, 15) is 0 Å². The predicted molar refractivity (Wildman–Crippen MR) is 86.2 cm³/mol. The summed E-state index contributed by atoms with van der Waals surface area (Å²) in [6.45, 7) is 4.58. The van der Waals surface area contributed by atoms with Gasteiger partial charge in [-0.1, -0.05) is 0 Å². The molecule has 3 saturated heterocycles. The minimum atomic E-state index is 0.540. The molecule has 1 aromatic carbocycles. The Morgan fingerprint density at radius 2 is 2.00 bits per heavy atom. The number of fused-ring (bicyclic) bond motifs is 4. The van der Waals surface area contributed by atoms with Crippen LogP contribution in [0, 0.1) is 11.8 Å². The van der Waals surface area contributed by atoms with E-state index < -0.39 is 0 Å². The van der Waals surface area contributed by atoms with Gasteiger partial charge in [0.1, 0.15) is 5.75 Å². The SMILES string of the molecule is c1cc2cnn([C@@H]3CN4CCC3CC4)c2cc1OCC1CC1. The Hall–Kier alpha value is -1.55. The Balaban J connectivity index is 1.46. The molecule has 0 unspecified atom stereocenters. The summed E-state index contributed by atoms with van der Waals surface area (Å²) in [5.41, 5.74) is 1.24. The van der Waals surface area contributed by atoms with Crippen LogP contribution in [0.25, 0.3) is 10.9 Å². The van der Waals surface area contributed by atoms with E-state index >= 15 is 0 Å². The molecule has 4 heterocycles. The number of aromatic nitrogens is 2. The van der Waals surface area contributed by atoms with Crippen LogP contribution in [-0.2, 0) is 0 Å². The number of ether oxygens (including phenoxy) is 1. The molecule has 4 nitrogen and oxygen atoms in total. The largest absolute Gasteiger partial charge is 0.493 e. The number of piperidine rings is 3. The summed E-state index contributed by atoms with van der Waals surface area (Å²) >= 11 is 0. The average molecular weight is 297 g/mol. The minimum Gasteiger partial charge on any atom is -0.493 e. The van der Waals surface area contributed by atoms with Crippen molar-refractivity contribution in [3.05, 3.63) is 24.4 Å². The van der Waals surface area contributed by atoms with Crippen molar-refractivity contribution in [1.82, 2.24) is 14.7 Å². The first-order valence-corrected chi connectivity index (χ1v) is 8.69. The van der Waals surface area contributed by atoms with Gasteiger partial charge in [0.25, 0.3) is 0 Å². The van der Waals surface area contributed by atoms with Gasteiger partial charge in [-0.15, -0.1) is 0 Å². The van der Waals surface area contributed by atoms with Gasteiger partial charge in [-0.3, -0.25) is 4.68 Å². The third-order valence-corrected chi connectivity index (χ3v) is 5.69. The zero-order valence-corrected chi connectivity index (χ0v) is 12.9. The number of nitrogens with zero attached hydrogens (tertiary/aromatic N) is 3. The molecule has 6 rings (SSSR count). The van der Waals surface area contributed by atoms with Crippen LogP contribution in [-0.4, -0.2) is 40.9 Å². The lowest BCUT2D eigenvalue weighted by Crippen LogP contribution is -2.48. The standard InChI is InChI=1S/C18H23N3O/c1-2-13(1)12-22-16-4-3-15-10-19-21(17(15)9-16)18-11-20-7-5-14(18)6-8-20/h3-4,9-10,13-14,18H,1-2,5-8,11-12H2/t18-/m1/s1. The van der Waals surface area contributed by atoms with Gasteiger partial charge < -0.3 is 9.64 Å². The Labute approximate surface area is 131 Å². The zero-order chi connectivity index (χ0) is 14.5. The van der Waals surface area contributed by atoms with Crippen LogP contribution in [0.3, 0.4) is 0 Å². The van der Waals surface area contributed by atoms with Crippen molar-refractivity contribution in [3.8, 4) is 5.75 Å². The maximum absolute atomic E-state index is 5.96. The van der Waals surface area contributed by atoms with E-state index in [2.05, 4.69) is 27.8 Å². The maximum Gasteiger partial charge on any atom is 0.121 e. The molecule has 4 fully saturated rings. The van der Waals surface area contributed by atoms with Gasteiger partial charge in [0.2, 0.25) is 0 Å². The fourth-order valence-corrected chi connectivity index (χ4v) is 4.08. The van der Waals surface area contributed by atoms with E-state index in [4.69, 9.17) is 9.84 Å². The number of hydrogen-bond donors (Lipinski definition) is 0. The highest BCUT2D eigenvalue weighted by atomic mass is 16.5. The number of benzene rings is 1. The van der Waals surface area contributed by atoms with Crippen molar-refractivity contribution in [1.29, 1.82) is 0 Å². The van der Waals surface area contributed by atoms with Gasteiger partial charge in [-0.2, -0.15) is 5.10 Å².